The maximum atomic E-state index is 9.81. The highest BCUT2D eigenvalue weighted by atomic mass is 16.5. The van der Waals surface area contributed by atoms with Gasteiger partial charge < -0.3 is 25.8 Å². The van der Waals surface area contributed by atoms with Crippen LogP contribution in [0.1, 0.15) is 36.8 Å². The van der Waals surface area contributed by atoms with Crippen molar-refractivity contribution in [1.29, 1.82) is 5.26 Å². The lowest BCUT2D eigenvalue weighted by atomic mass is 9.83. The summed E-state index contributed by atoms with van der Waals surface area (Å²) in [5.41, 5.74) is 5.03. The number of carbonyl (C=O) groups is 1. The first-order valence-corrected chi connectivity index (χ1v) is 9.32. The molecule has 8 heteroatoms. The number of hydrogen-bond donors (Lipinski definition) is 4. The fourth-order valence-electron chi connectivity index (χ4n) is 2.83. The van der Waals surface area contributed by atoms with Gasteiger partial charge in [-0.15, -0.1) is 0 Å². The molecule has 1 aromatic carbocycles. The molecule has 1 aliphatic rings. The van der Waals surface area contributed by atoms with Crippen molar-refractivity contribution < 1.29 is 24.9 Å². The summed E-state index contributed by atoms with van der Waals surface area (Å²) < 4.78 is 6.17. The Morgan fingerprint density at radius 2 is 1.87 bits per heavy atom. The van der Waals surface area contributed by atoms with E-state index in [-0.39, 0.29) is 18.4 Å². The van der Waals surface area contributed by atoms with Crippen LogP contribution in [0, 0.1) is 23.2 Å². The zero-order valence-corrected chi connectivity index (χ0v) is 16.3. The Labute approximate surface area is 174 Å². The van der Waals surface area contributed by atoms with Gasteiger partial charge in [0, 0.05) is 24.6 Å². The van der Waals surface area contributed by atoms with Crippen LogP contribution >= 0.6 is 0 Å². The third-order valence-electron chi connectivity index (χ3n) is 4.39. The van der Waals surface area contributed by atoms with Gasteiger partial charge in [0.15, 0.2) is 5.60 Å². The van der Waals surface area contributed by atoms with Crippen LogP contribution in [-0.2, 0) is 4.79 Å². The molecule has 1 saturated carbocycles. The summed E-state index contributed by atoms with van der Waals surface area (Å²) in [7, 11) is 0. The molecule has 1 aliphatic carbocycles. The SMILES string of the molecule is N#Cc1ccc(OC2(C#Cc3cncc(O)c3)CCC(O)CC2)cc1.NCC(=O)O. The van der Waals surface area contributed by atoms with E-state index in [1.165, 1.54) is 6.20 Å². The van der Waals surface area contributed by atoms with E-state index in [2.05, 4.69) is 28.6 Å². The fraction of sp³-hybridized carbons (Fsp3) is 0.318. The maximum Gasteiger partial charge on any atom is 0.317 e. The van der Waals surface area contributed by atoms with Crippen LogP contribution in [0.5, 0.6) is 11.5 Å². The molecule has 3 rings (SSSR count). The number of aromatic nitrogens is 1. The molecule has 0 bridgehead atoms. The average Bonchev–Trinajstić information content (AvgIpc) is 2.75. The van der Waals surface area contributed by atoms with E-state index in [0.29, 0.717) is 42.6 Å². The smallest absolute Gasteiger partial charge is 0.317 e. The van der Waals surface area contributed by atoms with Crippen LogP contribution in [-0.4, -0.2) is 44.5 Å². The molecule has 1 aromatic heterocycles. The number of aliphatic hydroxyl groups is 1. The summed E-state index contributed by atoms with van der Waals surface area (Å²) in [5.74, 6) is 5.93. The van der Waals surface area contributed by atoms with E-state index in [1.54, 1.807) is 36.5 Å². The van der Waals surface area contributed by atoms with Crippen molar-refractivity contribution in [3.63, 3.8) is 0 Å². The van der Waals surface area contributed by atoms with Gasteiger partial charge in [-0.05, 0) is 49.1 Å². The number of benzene rings is 1. The molecule has 0 amide bonds. The first-order valence-electron chi connectivity index (χ1n) is 9.32. The normalized spacial score (nSPS) is 19.8. The number of aromatic hydroxyl groups is 1. The number of nitriles is 1. The molecule has 0 aliphatic heterocycles. The van der Waals surface area contributed by atoms with E-state index in [0.717, 1.165) is 0 Å². The first kappa shape index (κ1) is 22.7. The molecule has 1 fully saturated rings. The van der Waals surface area contributed by atoms with Gasteiger partial charge in [-0.25, -0.2) is 0 Å². The highest BCUT2D eigenvalue weighted by molar-refractivity contribution is 5.68. The van der Waals surface area contributed by atoms with E-state index < -0.39 is 11.6 Å². The number of nitrogens with zero attached hydrogens (tertiary/aromatic N) is 2. The highest BCUT2D eigenvalue weighted by Crippen LogP contribution is 2.33. The van der Waals surface area contributed by atoms with Gasteiger partial charge in [0.05, 0.1) is 30.5 Å². The zero-order valence-electron chi connectivity index (χ0n) is 16.3. The number of hydrogen-bond acceptors (Lipinski definition) is 7. The molecule has 0 radical (unpaired) electrons. The van der Waals surface area contributed by atoms with Gasteiger partial charge in [0.2, 0.25) is 0 Å². The van der Waals surface area contributed by atoms with Crippen molar-refractivity contribution in [2.24, 2.45) is 5.73 Å². The predicted molar refractivity (Wildman–Crippen MR) is 108 cm³/mol. The van der Waals surface area contributed by atoms with Crippen LogP contribution in [0.15, 0.2) is 42.7 Å². The van der Waals surface area contributed by atoms with Gasteiger partial charge in [0.25, 0.3) is 0 Å². The fourth-order valence-corrected chi connectivity index (χ4v) is 2.83. The number of ether oxygens (including phenoxy) is 1. The summed E-state index contributed by atoms with van der Waals surface area (Å²) in [6.07, 6.45) is 5.04. The molecule has 0 atom stereocenters. The van der Waals surface area contributed by atoms with Crippen molar-refractivity contribution in [2.45, 2.75) is 37.4 Å². The Morgan fingerprint density at radius 1 is 1.23 bits per heavy atom. The minimum atomic E-state index is -0.968. The van der Waals surface area contributed by atoms with E-state index >= 15 is 0 Å². The van der Waals surface area contributed by atoms with Gasteiger partial charge in [-0.2, -0.15) is 5.26 Å². The lowest BCUT2D eigenvalue weighted by Crippen LogP contribution is -2.40. The Morgan fingerprint density at radius 3 is 2.40 bits per heavy atom. The highest BCUT2D eigenvalue weighted by Gasteiger charge is 2.35. The second-order valence-corrected chi connectivity index (χ2v) is 6.74. The van der Waals surface area contributed by atoms with Crippen LogP contribution in [0.4, 0.5) is 0 Å². The standard InChI is InChI=1S/C20H18N2O3.C2H5NO2/c21-12-15-1-3-19(4-2-15)25-20(9-6-17(23)7-10-20)8-5-16-11-18(24)14-22-13-16;3-1-2(4)5/h1-4,11,13-14,17,23-24H,6-7,9-10H2;1,3H2,(H,4,5). The molecule has 0 saturated heterocycles. The average molecular weight is 409 g/mol. The van der Waals surface area contributed by atoms with Crippen LogP contribution in [0.3, 0.4) is 0 Å². The number of aliphatic hydroxyl groups excluding tert-OH is 1. The van der Waals surface area contributed by atoms with Crippen LogP contribution < -0.4 is 10.5 Å². The monoisotopic (exact) mass is 409 g/mol. The molecule has 30 heavy (non-hydrogen) atoms. The zero-order chi connectivity index (χ0) is 22.0. The quantitative estimate of drug-likeness (QED) is 0.561. The molecule has 0 spiro atoms. The van der Waals surface area contributed by atoms with Gasteiger partial charge in [0.1, 0.15) is 11.5 Å². The first-order chi connectivity index (χ1) is 14.4. The summed E-state index contributed by atoms with van der Waals surface area (Å²) in [6, 6.07) is 10.5. The minimum absolute atomic E-state index is 0.0629. The molecule has 5 N–H and O–H groups in total. The number of pyridine rings is 1. The number of aliphatic carboxylic acids is 1. The molecule has 1 heterocycles. The predicted octanol–water partition coefficient (Wildman–Crippen LogP) is 1.79. The van der Waals surface area contributed by atoms with Crippen molar-refractivity contribution in [2.75, 3.05) is 6.54 Å². The second kappa shape index (κ2) is 10.8. The van der Waals surface area contributed by atoms with Crippen molar-refractivity contribution in [1.82, 2.24) is 4.98 Å². The Kier molecular flexibility index (Phi) is 8.18. The number of carboxylic acids is 1. The Hall–Kier alpha value is -3.59. The molecular formula is C22H23N3O5. The van der Waals surface area contributed by atoms with E-state index in [9.17, 15) is 15.0 Å². The number of rotatable bonds is 3. The molecule has 156 valence electrons. The lowest BCUT2D eigenvalue weighted by Gasteiger charge is -2.35. The summed E-state index contributed by atoms with van der Waals surface area (Å²) in [4.78, 5) is 13.2. The van der Waals surface area contributed by atoms with E-state index in [4.69, 9.17) is 15.1 Å². The third-order valence-corrected chi connectivity index (χ3v) is 4.39. The topological polar surface area (TPSA) is 150 Å². The van der Waals surface area contributed by atoms with Crippen molar-refractivity contribution >= 4 is 5.97 Å². The van der Waals surface area contributed by atoms with Crippen molar-refractivity contribution in [3.8, 4) is 29.4 Å². The Balaban J connectivity index is 0.000000575. The van der Waals surface area contributed by atoms with Crippen molar-refractivity contribution in [3.05, 3.63) is 53.9 Å². The number of nitrogens with two attached hydrogens (primary N) is 1. The molecule has 2 aromatic rings. The molecule has 0 unspecified atom stereocenters. The molecule has 8 nitrogen and oxygen atoms in total. The van der Waals surface area contributed by atoms with Gasteiger partial charge >= 0.3 is 5.97 Å². The van der Waals surface area contributed by atoms with Gasteiger partial charge in [-0.1, -0.05) is 5.92 Å². The van der Waals surface area contributed by atoms with Gasteiger partial charge in [-0.3, -0.25) is 9.78 Å². The maximum absolute atomic E-state index is 9.81. The summed E-state index contributed by atoms with van der Waals surface area (Å²) >= 11 is 0. The molecular weight excluding hydrogens is 386 g/mol. The Bertz CT molecular complexity index is 949. The largest absolute Gasteiger partial charge is 0.506 e. The van der Waals surface area contributed by atoms with E-state index in [1.807, 2.05) is 0 Å². The van der Waals surface area contributed by atoms with Crippen LogP contribution in [0.2, 0.25) is 0 Å². The second-order valence-electron chi connectivity index (χ2n) is 6.74. The third kappa shape index (κ3) is 7.10. The minimum Gasteiger partial charge on any atom is -0.506 e. The summed E-state index contributed by atoms with van der Waals surface area (Å²) in [5, 5.41) is 35.8. The summed E-state index contributed by atoms with van der Waals surface area (Å²) in [6.45, 7) is -0.278. The number of carboxylic acid groups (broad SMARTS) is 1. The lowest BCUT2D eigenvalue weighted by molar-refractivity contribution is -0.135. The van der Waals surface area contributed by atoms with Crippen LogP contribution in [0.25, 0.3) is 0 Å².